The van der Waals surface area contributed by atoms with E-state index in [1.54, 1.807) is 11.1 Å². The van der Waals surface area contributed by atoms with Crippen LogP contribution >= 0.6 is 0 Å². The van der Waals surface area contributed by atoms with Crippen LogP contribution in [-0.4, -0.2) is 0 Å². The third kappa shape index (κ3) is 0.690. The zero-order valence-corrected chi connectivity index (χ0v) is 8.66. The van der Waals surface area contributed by atoms with E-state index in [9.17, 15) is 0 Å². The minimum Gasteiger partial charge on any atom is -0.0590 e. The van der Waals surface area contributed by atoms with Crippen molar-refractivity contribution in [1.82, 2.24) is 0 Å². The van der Waals surface area contributed by atoms with Crippen molar-refractivity contribution in [2.75, 3.05) is 0 Å². The highest BCUT2D eigenvalue weighted by Crippen LogP contribution is 2.67. The highest BCUT2D eigenvalue weighted by atomic mass is 14.6. The van der Waals surface area contributed by atoms with Gasteiger partial charge in [0.05, 0.1) is 0 Å². The Morgan fingerprint density at radius 1 is 1.00 bits per heavy atom. The Bertz CT molecular complexity index is 404. The smallest absolute Gasteiger partial charge is 0.00589 e. The first-order chi connectivity index (χ1) is 6.84. The van der Waals surface area contributed by atoms with Crippen LogP contribution in [-0.2, 0) is 0 Å². The van der Waals surface area contributed by atoms with Crippen molar-refractivity contribution in [2.24, 2.45) is 11.8 Å². The first-order valence-corrected chi connectivity index (χ1v) is 5.95. The van der Waals surface area contributed by atoms with Crippen LogP contribution in [0, 0.1) is 18.8 Å². The molecule has 0 N–H and O–H groups in total. The topological polar surface area (TPSA) is 0 Å². The second kappa shape index (κ2) is 2.24. The number of fused-ring (bicyclic) bond motifs is 8. The lowest BCUT2D eigenvalue weighted by Crippen LogP contribution is -2.29. The lowest BCUT2D eigenvalue weighted by molar-refractivity contribution is 0.323. The molecule has 3 aliphatic carbocycles. The molecule has 0 saturated heterocycles. The van der Waals surface area contributed by atoms with Gasteiger partial charge in [-0.1, -0.05) is 23.8 Å². The van der Waals surface area contributed by atoms with Gasteiger partial charge in [0, 0.05) is 0 Å². The second-order valence-electron chi connectivity index (χ2n) is 5.52. The van der Waals surface area contributed by atoms with E-state index in [-0.39, 0.29) is 0 Å². The Kier molecular flexibility index (Phi) is 1.20. The predicted octanol–water partition coefficient (Wildman–Crippen LogP) is 3.61. The standard InChI is InChI=1S/C14H16/c1-8-2-5-11-12(6-8)14-10-4-3-9(7-10)13(11)14/h2,5-6,9-10,13-14H,3-4,7H2,1H3/t9-,10+,13?,14?/m1/s1. The van der Waals surface area contributed by atoms with E-state index >= 15 is 0 Å². The first-order valence-electron chi connectivity index (χ1n) is 5.95. The first kappa shape index (κ1) is 7.50. The van der Waals surface area contributed by atoms with Gasteiger partial charge in [-0.25, -0.2) is 0 Å². The Morgan fingerprint density at radius 2 is 1.71 bits per heavy atom. The average molecular weight is 184 g/mol. The van der Waals surface area contributed by atoms with Gasteiger partial charge in [0.15, 0.2) is 0 Å². The zero-order chi connectivity index (χ0) is 9.28. The molecule has 1 aromatic rings. The molecule has 2 saturated carbocycles. The summed E-state index contributed by atoms with van der Waals surface area (Å²) in [6, 6.07) is 7.13. The fourth-order valence-electron chi connectivity index (χ4n) is 4.38. The molecular formula is C14H16. The molecule has 0 spiro atoms. The normalized spacial score (nSPS) is 41.8. The van der Waals surface area contributed by atoms with Gasteiger partial charge < -0.3 is 0 Å². The van der Waals surface area contributed by atoms with Crippen LogP contribution in [0.3, 0.4) is 0 Å². The lowest BCUT2D eigenvalue weighted by atomic mass is 9.61. The van der Waals surface area contributed by atoms with Crippen molar-refractivity contribution in [2.45, 2.75) is 38.0 Å². The fourth-order valence-corrected chi connectivity index (χ4v) is 4.38. The Hall–Kier alpha value is -0.780. The highest BCUT2D eigenvalue weighted by molar-refractivity contribution is 5.50. The summed E-state index contributed by atoms with van der Waals surface area (Å²) < 4.78 is 0. The molecule has 72 valence electrons. The van der Waals surface area contributed by atoms with Crippen molar-refractivity contribution in [3.05, 3.63) is 34.9 Å². The summed E-state index contributed by atoms with van der Waals surface area (Å²) in [5.74, 6) is 4.06. The minimum absolute atomic E-state index is 0.976. The van der Waals surface area contributed by atoms with Crippen molar-refractivity contribution < 1.29 is 0 Å². The third-order valence-corrected chi connectivity index (χ3v) is 4.88. The van der Waals surface area contributed by atoms with Crippen LogP contribution in [0.1, 0.15) is 47.8 Å². The molecule has 0 radical (unpaired) electrons. The summed E-state index contributed by atoms with van der Waals surface area (Å²) in [7, 11) is 0. The van der Waals surface area contributed by atoms with E-state index in [2.05, 4.69) is 25.1 Å². The van der Waals surface area contributed by atoms with Gasteiger partial charge in [0.25, 0.3) is 0 Å². The molecule has 0 heteroatoms. The van der Waals surface area contributed by atoms with E-state index in [0.717, 1.165) is 23.7 Å². The molecule has 2 unspecified atom stereocenters. The molecule has 1 aromatic carbocycles. The van der Waals surface area contributed by atoms with Gasteiger partial charge in [0.2, 0.25) is 0 Å². The third-order valence-electron chi connectivity index (χ3n) is 4.88. The molecule has 0 nitrogen and oxygen atoms in total. The summed E-state index contributed by atoms with van der Waals surface area (Å²) in [5.41, 5.74) is 4.86. The number of hydrogen-bond donors (Lipinski definition) is 0. The van der Waals surface area contributed by atoms with E-state index in [1.807, 2.05) is 0 Å². The van der Waals surface area contributed by atoms with Gasteiger partial charge in [-0.05, 0) is 61.0 Å². The Morgan fingerprint density at radius 3 is 2.50 bits per heavy atom. The van der Waals surface area contributed by atoms with Crippen molar-refractivity contribution in [3.63, 3.8) is 0 Å². The summed E-state index contributed by atoms with van der Waals surface area (Å²) in [6.45, 7) is 2.22. The maximum atomic E-state index is 2.44. The second-order valence-corrected chi connectivity index (χ2v) is 5.52. The molecule has 14 heavy (non-hydrogen) atoms. The Balaban J connectivity index is 1.87. The highest BCUT2D eigenvalue weighted by Gasteiger charge is 2.54. The zero-order valence-electron chi connectivity index (χ0n) is 8.66. The predicted molar refractivity (Wildman–Crippen MR) is 57.5 cm³/mol. The molecule has 0 heterocycles. The number of rotatable bonds is 0. The largest absolute Gasteiger partial charge is 0.0590 e. The number of aryl methyl sites for hydroxylation is 1. The summed E-state index contributed by atoms with van der Waals surface area (Å²) in [5, 5.41) is 0. The molecular weight excluding hydrogens is 168 g/mol. The van der Waals surface area contributed by atoms with Crippen molar-refractivity contribution in [3.8, 4) is 0 Å². The fraction of sp³-hybridized carbons (Fsp3) is 0.571. The van der Waals surface area contributed by atoms with E-state index in [1.165, 1.54) is 24.8 Å². The molecule has 2 bridgehead atoms. The van der Waals surface area contributed by atoms with Crippen LogP contribution in [0.4, 0.5) is 0 Å². The maximum absolute atomic E-state index is 2.44. The lowest BCUT2D eigenvalue weighted by Gasteiger charge is -2.43. The van der Waals surface area contributed by atoms with Gasteiger partial charge in [-0.15, -0.1) is 0 Å². The van der Waals surface area contributed by atoms with Gasteiger partial charge in [0.1, 0.15) is 0 Å². The molecule has 4 atom stereocenters. The average Bonchev–Trinajstić information content (AvgIpc) is 2.70. The molecule has 2 fully saturated rings. The van der Waals surface area contributed by atoms with Crippen LogP contribution in [0.2, 0.25) is 0 Å². The van der Waals surface area contributed by atoms with Crippen molar-refractivity contribution in [1.29, 1.82) is 0 Å². The van der Waals surface area contributed by atoms with Gasteiger partial charge in [-0.2, -0.15) is 0 Å². The van der Waals surface area contributed by atoms with E-state index in [0.29, 0.717) is 0 Å². The van der Waals surface area contributed by atoms with E-state index < -0.39 is 0 Å². The van der Waals surface area contributed by atoms with Crippen LogP contribution < -0.4 is 0 Å². The summed E-state index contributed by atoms with van der Waals surface area (Å²) in [6.07, 6.45) is 4.56. The number of benzene rings is 1. The molecule has 0 amide bonds. The number of hydrogen-bond acceptors (Lipinski definition) is 0. The monoisotopic (exact) mass is 184 g/mol. The van der Waals surface area contributed by atoms with Crippen LogP contribution in [0.5, 0.6) is 0 Å². The quantitative estimate of drug-likeness (QED) is 0.578. The van der Waals surface area contributed by atoms with Crippen LogP contribution in [0.15, 0.2) is 18.2 Å². The Labute approximate surface area is 85.3 Å². The maximum Gasteiger partial charge on any atom is -0.00589 e. The summed E-state index contributed by atoms with van der Waals surface area (Å²) in [4.78, 5) is 0. The molecule has 0 aromatic heterocycles. The molecule has 3 aliphatic rings. The van der Waals surface area contributed by atoms with Crippen molar-refractivity contribution >= 4 is 0 Å². The molecule has 0 aliphatic heterocycles. The van der Waals surface area contributed by atoms with Gasteiger partial charge >= 0.3 is 0 Å². The summed E-state index contributed by atoms with van der Waals surface area (Å²) >= 11 is 0. The van der Waals surface area contributed by atoms with Crippen LogP contribution in [0.25, 0.3) is 0 Å². The SMILES string of the molecule is Cc1ccc2c(c1)C1C2[C@@H]2CC[C@H]1C2. The molecule has 4 rings (SSSR count). The van der Waals surface area contributed by atoms with E-state index in [4.69, 9.17) is 0 Å². The minimum atomic E-state index is 0.976. The van der Waals surface area contributed by atoms with Gasteiger partial charge in [-0.3, -0.25) is 0 Å².